The minimum absolute atomic E-state index is 0.0166. The predicted octanol–water partition coefficient (Wildman–Crippen LogP) is 5.11. The number of carbonyl (C=O) groups excluding carboxylic acids is 3. The van der Waals surface area contributed by atoms with E-state index in [1.807, 2.05) is 18.2 Å². The number of anilines is 1. The number of nitrogens with two attached hydrogens (primary N) is 1. The zero-order chi connectivity index (χ0) is 29.8. The molecule has 0 bridgehead atoms. The van der Waals surface area contributed by atoms with Gasteiger partial charge in [-0.15, -0.1) is 0 Å². The minimum atomic E-state index is -0.772. The first-order valence-electron chi connectivity index (χ1n) is 13.7. The van der Waals surface area contributed by atoms with E-state index < -0.39 is 29.7 Å². The first-order valence-corrected chi connectivity index (χ1v) is 13.7. The molecule has 0 spiro atoms. The monoisotopic (exact) mass is 565 g/mol. The molecule has 41 heavy (non-hydrogen) atoms. The van der Waals surface area contributed by atoms with Gasteiger partial charge in [0.15, 0.2) is 5.78 Å². The van der Waals surface area contributed by atoms with Gasteiger partial charge < -0.3 is 21.1 Å². The van der Waals surface area contributed by atoms with Crippen molar-refractivity contribution in [3.05, 3.63) is 101 Å². The fourth-order valence-electron chi connectivity index (χ4n) is 4.39. The summed E-state index contributed by atoms with van der Waals surface area (Å²) in [4.78, 5) is 36.6. The van der Waals surface area contributed by atoms with Crippen LogP contribution in [0, 0.1) is 11.6 Å². The van der Waals surface area contributed by atoms with Crippen molar-refractivity contribution >= 4 is 23.3 Å². The Balaban J connectivity index is 1.56. The molecular formula is C32H37F2N3O4. The van der Waals surface area contributed by atoms with Gasteiger partial charge in [0.2, 0.25) is 5.91 Å². The third kappa shape index (κ3) is 10.9. The van der Waals surface area contributed by atoms with E-state index in [0.717, 1.165) is 18.1 Å². The number of halogens is 2. The predicted molar refractivity (Wildman–Crippen MR) is 154 cm³/mol. The maximum absolute atomic E-state index is 13.7. The van der Waals surface area contributed by atoms with Crippen molar-refractivity contribution in [2.45, 2.75) is 64.6 Å². The smallest absolute Gasteiger partial charge is 0.306 e. The molecule has 3 aromatic carbocycles. The standard InChI is InChI=1S/C32H37F2N3O4/c1-3-22-7-4-8-23(13-22)19-36-20-30(29(35)16-24-14-26(33)18-27(34)15-24)41-32(40)12-6-11-31(39)37-28-10-5-9-25(17-28)21(2)38/h4-5,7-10,13-15,17-18,29-30,36H,3,6,11-12,16,19-20,35H2,1-2H3,(H,37,39). The first kappa shape index (κ1) is 31.6. The minimum Gasteiger partial charge on any atom is -0.459 e. The van der Waals surface area contributed by atoms with Crippen LogP contribution in [0.5, 0.6) is 0 Å². The highest BCUT2D eigenvalue weighted by molar-refractivity contribution is 5.97. The van der Waals surface area contributed by atoms with Gasteiger partial charge in [0.05, 0.1) is 0 Å². The summed E-state index contributed by atoms with van der Waals surface area (Å²) in [5.74, 6) is -2.35. The van der Waals surface area contributed by atoms with Crippen LogP contribution in [-0.4, -0.2) is 36.4 Å². The number of ether oxygens (including phenoxy) is 1. The maximum atomic E-state index is 13.7. The van der Waals surface area contributed by atoms with Crippen LogP contribution in [0.3, 0.4) is 0 Å². The second kappa shape index (κ2) is 15.7. The maximum Gasteiger partial charge on any atom is 0.306 e. The third-order valence-electron chi connectivity index (χ3n) is 6.57. The Morgan fingerprint density at radius 2 is 1.61 bits per heavy atom. The van der Waals surface area contributed by atoms with E-state index in [4.69, 9.17) is 10.5 Å². The Kier molecular flexibility index (Phi) is 12.1. The fraction of sp³-hybridized carbons (Fsp3) is 0.344. The van der Waals surface area contributed by atoms with Crippen LogP contribution in [0.2, 0.25) is 0 Å². The van der Waals surface area contributed by atoms with Gasteiger partial charge in [-0.3, -0.25) is 14.4 Å². The van der Waals surface area contributed by atoms with Crippen LogP contribution in [-0.2, 0) is 33.7 Å². The van der Waals surface area contributed by atoms with Crippen LogP contribution < -0.4 is 16.4 Å². The quantitative estimate of drug-likeness (QED) is 0.175. The highest BCUT2D eigenvalue weighted by atomic mass is 19.1. The Morgan fingerprint density at radius 1 is 0.902 bits per heavy atom. The third-order valence-corrected chi connectivity index (χ3v) is 6.57. The average molecular weight is 566 g/mol. The number of esters is 1. The average Bonchev–Trinajstić information content (AvgIpc) is 2.92. The number of rotatable bonds is 15. The topological polar surface area (TPSA) is 111 Å². The highest BCUT2D eigenvalue weighted by Crippen LogP contribution is 2.15. The molecule has 0 aliphatic rings. The number of aryl methyl sites for hydroxylation is 1. The van der Waals surface area contributed by atoms with Gasteiger partial charge in [0.1, 0.15) is 17.7 Å². The van der Waals surface area contributed by atoms with Crippen molar-refractivity contribution in [2.75, 3.05) is 11.9 Å². The van der Waals surface area contributed by atoms with Crippen LogP contribution in [0.25, 0.3) is 0 Å². The summed E-state index contributed by atoms with van der Waals surface area (Å²) >= 11 is 0. The van der Waals surface area contributed by atoms with Crippen molar-refractivity contribution in [3.63, 3.8) is 0 Å². The van der Waals surface area contributed by atoms with Gasteiger partial charge in [0, 0.05) is 49.3 Å². The summed E-state index contributed by atoms with van der Waals surface area (Å²) < 4.78 is 33.1. The second-order valence-corrected chi connectivity index (χ2v) is 10.0. The molecule has 218 valence electrons. The SMILES string of the molecule is CCc1cccc(CNCC(OC(=O)CCCC(=O)Nc2cccc(C(C)=O)c2)C(N)Cc2cc(F)cc(F)c2)c1. The molecule has 2 unspecified atom stereocenters. The summed E-state index contributed by atoms with van der Waals surface area (Å²) in [6, 6.07) is 17.2. The van der Waals surface area contributed by atoms with Crippen LogP contribution in [0.15, 0.2) is 66.7 Å². The van der Waals surface area contributed by atoms with E-state index in [1.165, 1.54) is 24.6 Å². The number of hydrogen-bond acceptors (Lipinski definition) is 6. The number of carbonyl (C=O) groups is 3. The lowest BCUT2D eigenvalue weighted by Gasteiger charge is -2.25. The molecule has 0 aromatic heterocycles. The molecule has 0 saturated heterocycles. The van der Waals surface area contributed by atoms with Crippen molar-refractivity contribution in [1.29, 1.82) is 0 Å². The number of Topliss-reactive ketones (excluding diaryl/α,β-unsaturated/α-hetero) is 1. The molecule has 2 atom stereocenters. The molecule has 0 fully saturated rings. The Morgan fingerprint density at radius 3 is 2.32 bits per heavy atom. The van der Waals surface area contributed by atoms with Gasteiger partial charge in [0.25, 0.3) is 0 Å². The number of hydrogen-bond donors (Lipinski definition) is 3. The summed E-state index contributed by atoms with van der Waals surface area (Å²) in [6.07, 6.45) is 0.534. The molecule has 4 N–H and O–H groups in total. The van der Waals surface area contributed by atoms with Gasteiger partial charge in [-0.2, -0.15) is 0 Å². The van der Waals surface area contributed by atoms with E-state index in [0.29, 0.717) is 23.4 Å². The summed E-state index contributed by atoms with van der Waals surface area (Å²) in [7, 11) is 0. The molecule has 1 amide bonds. The zero-order valence-corrected chi connectivity index (χ0v) is 23.4. The molecular weight excluding hydrogens is 528 g/mol. The number of nitrogens with one attached hydrogen (secondary N) is 2. The van der Waals surface area contributed by atoms with Gasteiger partial charge in [-0.25, -0.2) is 8.78 Å². The fourth-order valence-corrected chi connectivity index (χ4v) is 4.39. The Labute approximate surface area is 239 Å². The van der Waals surface area contributed by atoms with E-state index >= 15 is 0 Å². The summed E-state index contributed by atoms with van der Waals surface area (Å²) in [5.41, 5.74) is 9.98. The van der Waals surface area contributed by atoms with E-state index in [-0.39, 0.29) is 43.9 Å². The second-order valence-electron chi connectivity index (χ2n) is 10.0. The number of amides is 1. The van der Waals surface area contributed by atoms with Gasteiger partial charge in [-0.05, 0) is 67.1 Å². The molecule has 7 nitrogen and oxygen atoms in total. The first-order chi connectivity index (χ1) is 19.6. The zero-order valence-electron chi connectivity index (χ0n) is 23.4. The van der Waals surface area contributed by atoms with Gasteiger partial charge >= 0.3 is 5.97 Å². The van der Waals surface area contributed by atoms with Crippen molar-refractivity contribution in [3.8, 4) is 0 Å². The summed E-state index contributed by atoms with van der Waals surface area (Å²) in [5, 5.41) is 5.99. The Bertz CT molecular complexity index is 1330. The van der Waals surface area contributed by atoms with E-state index in [1.54, 1.807) is 24.3 Å². The lowest BCUT2D eigenvalue weighted by Crippen LogP contribution is -2.46. The van der Waals surface area contributed by atoms with E-state index in [2.05, 4.69) is 23.6 Å². The lowest BCUT2D eigenvalue weighted by atomic mass is 10.0. The van der Waals surface area contributed by atoms with Gasteiger partial charge in [-0.1, -0.05) is 43.3 Å². The van der Waals surface area contributed by atoms with Crippen LogP contribution in [0.4, 0.5) is 14.5 Å². The molecule has 0 heterocycles. The molecule has 3 rings (SSSR count). The Hall–Kier alpha value is -3.95. The molecule has 0 aliphatic heterocycles. The molecule has 0 radical (unpaired) electrons. The van der Waals surface area contributed by atoms with E-state index in [9.17, 15) is 23.2 Å². The van der Waals surface area contributed by atoms with Crippen LogP contribution in [0.1, 0.15) is 60.2 Å². The molecule has 0 saturated carbocycles. The molecule has 0 aliphatic carbocycles. The summed E-state index contributed by atoms with van der Waals surface area (Å²) in [6.45, 7) is 4.27. The molecule has 3 aromatic rings. The largest absolute Gasteiger partial charge is 0.459 e. The lowest BCUT2D eigenvalue weighted by molar-refractivity contribution is -0.150. The van der Waals surface area contributed by atoms with Crippen LogP contribution >= 0.6 is 0 Å². The number of benzene rings is 3. The number of ketones is 1. The van der Waals surface area contributed by atoms with Crippen molar-refractivity contribution in [2.24, 2.45) is 5.73 Å². The molecule has 9 heteroatoms. The highest BCUT2D eigenvalue weighted by Gasteiger charge is 2.23. The normalized spacial score (nSPS) is 12.4. The van der Waals surface area contributed by atoms with Crippen molar-refractivity contribution < 1.29 is 27.9 Å². The van der Waals surface area contributed by atoms with Crippen molar-refractivity contribution in [1.82, 2.24) is 5.32 Å².